The second-order valence-corrected chi connectivity index (χ2v) is 4.20. The molecular weight excluding hydrogens is 168 g/mol. The minimum atomic E-state index is -3.09. The van der Waals surface area contributed by atoms with Gasteiger partial charge in [0, 0.05) is 5.41 Å². The normalized spacial score (nSPS) is 26.7. The third-order valence-corrected chi connectivity index (χ3v) is 2.65. The van der Waals surface area contributed by atoms with E-state index < -0.39 is 21.9 Å². The van der Waals surface area contributed by atoms with Crippen LogP contribution in [-0.4, -0.2) is 26.2 Å². The number of hydrogen-bond donors (Lipinski definition) is 2. The van der Waals surface area contributed by atoms with Crippen molar-refractivity contribution in [1.29, 1.82) is 0 Å². The topological polar surface area (TPSA) is 89.3 Å². The van der Waals surface area contributed by atoms with Crippen molar-refractivity contribution in [2.75, 3.05) is 5.75 Å². The van der Waals surface area contributed by atoms with Crippen molar-refractivity contribution in [3.05, 3.63) is 11.5 Å². The third kappa shape index (κ3) is 2.23. The van der Waals surface area contributed by atoms with Gasteiger partial charge < -0.3 is 11.1 Å². The molecular formula is C5H8N2O3S. The van der Waals surface area contributed by atoms with Crippen molar-refractivity contribution in [2.24, 2.45) is 5.73 Å². The number of urea groups is 1. The average Bonchev–Trinajstić information content (AvgIpc) is 2.08. The molecule has 62 valence electrons. The summed E-state index contributed by atoms with van der Waals surface area (Å²) in [6.07, 6.45) is 1.40. The molecule has 1 atom stereocenters. The summed E-state index contributed by atoms with van der Waals surface area (Å²) >= 11 is 0. The molecule has 1 aliphatic heterocycles. The average molecular weight is 176 g/mol. The molecule has 2 amide bonds. The van der Waals surface area contributed by atoms with Gasteiger partial charge in [-0.1, -0.05) is 0 Å². The Morgan fingerprint density at radius 2 is 2.27 bits per heavy atom. The van der Waals surface area contributed by atoms with Crippen LogP contribution in [0, 0.1) is 0 Å². The first-order chi connectivity index (χ1) is 4.99. The zero-order chi connectivity index (χ0) is 8.48. The number of primary amides is 1. The maximum atomic E-state index is 10.7. The van der Waals surface area contributed by atoms with Crippen LogP contribution in [0.3, 0.4) is 0 Å². The predicted molar refractivity (Wildman–Crippen MR) is 39.4 cm³/mol. The molecule has 1 unspecified atom stereocenters. The van der Waals surface area contributed by atoms with Crippen LogP contribution < -0.4 is 11.1 Å². The molecule has 0 radical (unpaired) electrons. The van der Waals surface area contributed by atoms with E-state index in [-0.39, 0.29) is 5.75 Å². The molecule has 5 nitrogen and oxygen atoms in total. The Morgan fingerprint density at radius 3 is 2.64 bits per heavy atom. The molecule has 6 heteroatoms. The first-order valence-corrected chi connectivity index (χ1v) is 4.68. The maximum absolute atomic E-state index is 10.7. The highest BCUT2D eigenvalue weighted by Gasteiger charge is 2.21. The lowest BCUT2D eigenvalue weighted by Gasteiger charge is -2.05. The molecule has 0 aromatic rings. The summed E-state index contributed by atoms with van der Waals surface area (Å²) in [7, 11) is -3.09. The number of carbonyl (C=O) groups is 1. The summed E-state index contributed by atoms with van der Waals surface area (Å²) in [5.74, 6) is -0.0874. The van der Waals surface area contributed by atoms with Crippen molar-refractivity contribution in [2.45, 2.75) is 6.04 Å². The lowest BCUT2D eigenvalue weighted by Crippen LogP contribution is -2.39. The molecule has 3 N–H and O–H groups in total. The molecule has 0 bridgehead atoms. The Bertz CT molecular complexity index is 293. The van der Waals surface area contributed by atoms with Gasteiger partial charge in [-0.3, -0.25) is 0 Å². The number of nitrogens with one attached hydrogen (secondary N) is 1. The summed E-state index contributed by atoms with van der Waals surface area (Å²) in [6, 6.07) is -1.17. The lowest BCUT2D eigenvalue weighted by atomic mass is 10.3. The first-order valence-electron chi connectivity index (χ1n) is 2.96. The maximum Gasteiger partial charge on any atom is 0.312 e. The summed E-state index contributed by atoms with van der Waals surface area (Å²) in [6.45, 7) is 0. The Morgan fingerprint density at radius 1 is 1.64 bits per heavy atom. The van der Waals surface area contributed by atoms with Gasteiger partial charge in [0.05, 0.1) is 11.8 Å². The molecule has 0 aromatic carbocycles. The van der Waals surface area contributed by atoms with Crippen molar-refractivity contribution in [1.82, 2.24) is 5.32 Å². The van der Waals surface area contributed by atoms with Crippen LogP contribution in [0.25, 0.3) is 0 Å². The van der Waals surface area contributed by atoms with E-state index in [2.05, 4.69) is 5.32 Å². The van der Waals surface area contributed by atoms with Gasteiger partial charge in [-0.15, -0.1) is 0 Å². The van der Waals surface area contributed by atoms with Gasteiger partial charge in [-0.2, -0.15) is 0 Å². The molecule has 1 heterocycles. The summed E-state index contributed by atoms with van der Waals surface area (Å²) < 4.78 is 21.5. The van der Waals surface area contributed by atoms with Gasteiger partial charge in [0.25, 0.3) is 0 Å². The Labute approximate surface area is 64.2 Å². The predicted octanol–water partition coefficient (Wildman–Crippen LogP) is -1.03. The Hall–Kier alpha value is -1.04. The number of nitrogens with two attached hydrogens (primary N) is 1. The van der Waals surface area contributed by atoms with Crippen LogP contribution in [0.2, 0.25) is 0 Å². The number of amides is 2. The van der Waals surface area contributed by atoms with Gasteiger partial charge in [0.2, 0.25) is 0 Å². The largest absolute Gasteiger partial charge is 0.352 e. The van der Waals surface area contributed by atoms with Crippen LogP contribution >= 0.6 is 0 Å². The van der Waals surface area contributed by atoms with Gasteiger partial charge >= 0.3 is 6.03 Å². The van der Waals surface area contributed by atoms with Crippen molar-refractivity contribution >= 4 is 15.9 Å². The zero-order valence-electron chi connectivity index (χ0n) is 5.65. The molecule has 1 aliphatic rings. The van der Waals surface area contributed by atoms with E-state index in [0.29, 0.717) is 0 Å². The van der Waals surface area contributed by atoms with Crippen LogP contribution in [0.5, 0.6) is 0 Å². The molecule has 11 heavy (non-hydrogen) atoms. The number of carbonyl (C=O) groups excluding carboxylic acids is 1. The standard InChI is InChI=1S/C5H8N2O3S/c6-5(8)7-4-1-2-11(9,10)3-4/h1-2,4H,3H2,(H3,6,7,8). The first kappa shape index (κ1) is 8.06. The molecule has 1 rings (SSSR count). The number of rotatable bonds is 1. The third-order valence-electron chi connectivity index (χ3n) is 1.26. The van der Waals surface area contributed by atoms with Crippen LogP contribution in [0.4, 0.5) is 4.79 Å². The summed E-state index contributed by atoms with van der Waals surface area (Å²) in [5.41, 5.74) is 4.78. The molecule has 0 aromatic heterocycles. The van der Waals surface area contributed by atoms with E-state index in [1.165, 1.54) is 6.08 Å². The summed E-state index contributed by atoms with van der Waals surface area (Å²) in [4.78, 5) is 10.2. The van der Waals surface area contributed by atoms with E-state index in [9.17, 15) is 13.2 Å². The second kappa shape index (κ2) is 2.54. The molecule has 0 spiro atoms. The van der Waals surface area contributed by atoms with Gasteiger partial charge in [-0.05, 0) is 6.08 Å². The smallest absolute Gasteiger partial charge is 0.312 e. The molecule has 0 fully saturated rings. The van der Waals surface area contributed by atoms with Crippen molar-refractivity contribution in [3.8, 4) is 0 Å². The fraction of sp³-hybridized carbons (Fsp3) is 0.400. The zero-order valence-corrected chi connectivity index (χ0v) is 6.47. The summed E-state index contributed by atoms with van der Waals surface area (Å²) in [5, 5.41) is 3.35. The van der Waals surface area contributed by atoms with E-state index in [1.807, 2.05) is 0 Å². The van der Waals surface area contributed by atoms with E-state index in [4.69, 9.17) is 5.73 Å². The van der Waals surface area contributed by atoms with E-state index in [0.717, 1.165) is 5.41 Å². The van der Waals surface area contributed by atoms with Crippen molar-refractivity contribution in [3.63, 3.8) is 0 Å². The monoisotopic (exact) mass is 176 g/mol. The Kier molecular flexibility index (Phi) is 1.86. The number of hydrogen-bond acceptors (Lipinski definition) is 3. The minimum absolute atomic E-state index is 0.0874. The highest BCUT2D eigenvalue weighted by atomic mass is 32.2. The van der Waals surface area contributed by atoms with Gasteiger partial charge in [0.15, 0.2) is 9.84 Å². The van der Waals surface area contributed by atoms with Crippen molar-refractivity contribution < 1.29 is 13.2 Å². The van der Waals surface area contributed by atoms with Gasteiger partial charge in [-0.25, -0.2) is 13.2 Å². The lowest BCUT2D eigenvalue weighted by molar-refractivity contribution is 0.248. The van der Waals surface area contributed by atoms with E-state index in [1.54, 1.807) is 0 Å². The highest BCUT2D eigenvalue weighted by Crippen LogP contribution is 2.06. The SMILES string of the molecule is NC(=O)NC1C=CS(=O)(=O)C1. The van der Waals surface area contributed by atoms with E-state index >= 15 is 0 Å². The minimum Gasteiger partial charge on any atom is -0.352 e. The Balaban J connectivity index is 2.58. The van der Waals surface area contributed by atoms with Crippen LogP contribution in [0.1, 0.15) is 0 Å². The van der Waals surface area contributed by atoms with Gasteiger partial charge in [0.1, 0.15) is 0 Å². The fourth-order valence-corrected chi connectivity index (χ4v) is 2.08. The fourth-order valence-electron chi connectivity index (χ4n) is 0.848. The number of sulfone groups is 1. The molecule has 0 aliphatic carbocycles. The van der Waals surface area contributed by atoms with Crippen LogP contribution in [-0.2, 0) is 9.84 Å². The molecule has 0 saturated carbocycles. The second-order valence-electron chi connectivity index (χ2n) is 2.27. The molecule has 0 saturated heterocycles. The highest BCUT2D eigenvalue weighted by molar-refractivity contribution is 7.94. The quantitative estimate of drug-likeness (QED) is 0.535. The van der Waals surface area contributed by atoms with Crippen LogP contribution in [0.15, 0.2) is 11.5 Å².